The minimum Gasteiger partial charge on any atom is -0.339 e. The van der Waals surface area contributed by atoms with E-state index in [-0.39, 0.29) is 0 Å². The van der Waals surface area contributed by atoms with Crippen molar-refractivity contribution in [2.24, 2.45) is 7.05 Å². The highest BCUT2D eigenvalue weighted by molar-refractivity contribution is 5.73. The fraction of sp³-hybridized carbons (Fsp3) is 0.143. The molecule has 0 atom stereocenters. The fourth-order valence-electron chi connectivity index (χ4n) is 0.581. The molecule has 0 aromatic carbocycles. The molecule has 3 heteroatoms. The molecule has 0 aliphatic heterocycles. The van der Waals surface area contributed by atoms with Crippen molar-refractivity contribution in [2.75, 3.05) is 0 Å². The molecule has 0 radical (unpaired) electrons. The van der Waals surface area contributed by atoms with Gasteiger partial charge in [0, 0.05) is 13.2 Å². The van der Waals surface area contributed by atoms with Crippen LogP contribution in [0.4, 0.5) is 0 Å². The second-order valence-electron chi connectivity index (χ2n) is 1.81. The van der Waals surface area contributed by atoms with Gasteiger partial charge >= 0.3 is 0 Å². The van der Waals surface area contributed by atoms with Crippen LogP contribution in [0.3, 0.4) is 0 Å². The van der Waals surface area contributed by atoms with E-state index in [1.54, 1.807) is 17.1 Å². The third-order valence-corrected chi connectivity index (χ3v) is 0.964. The zero-order chi connectivity index (χ0) is 7.40. The molecule has 0 amide bonds. The third-order valence-electron chi connectivity index (χ3n) is 0.964. The highest BCUT2D eigenvalue weighted by atomic mass is 16.1. The highest BCUT2D eigenvalue weighted by Crippen LogP contribution is 1.88. The van der Waals surface area contributed by atoms with E-state index in [4.69, 9.17) is 0 Å². The van der Waals surface area contributed by atoms with Gasteiger partial charge in [-0.05, 0) is 11.8 Å². The van der Waals surface area contributed by atoms with E-state index >= 15 is 0 Å². The van der Waals surface area contributed by atoms with Crippen molar-refractivity contribution in [3.8, 4) is 11.8 Å². The van der Waals surface area contributed by atoms with Gasteiger partial charge in [0.05, 0.1) is 6.33 Å². The molecule has 0 bridgehead atoms. The maximum absolute atomic E-state index is 9.78. The van der Waals surface area contributed by atoms with Crippen LogP contribution in [0.5, 0.6) is 0 Å². The first kappa shape index (κ1) is 6.56. The van der Waals surface area contributed by atoms with Gasteiger partial charge in [0.2, 0.25) is 0 Å². The number of carbonyl (C=O) groups excluding carboxylic acids is 1. The SMILES string of the molecule is Cn1cnc(C#CC=O)c1. The van der Waals surface area contributed by atoms with Crippen LogP contribution in [0.15, 0.2) is 12.5 Å². The zero-order valence-corrected chi connectivity index (χ0v) is 5.53. The van der Waals surface area contributed by atoms with Gasteiger partial charge in [0.1, 0.15) is 5.69 Å². The van der Waals surface area contributed by atoms with Crippen molar-refractivity contribution in [3.05, 3.63) is 18.2 Å². The second-order valence-corrected chi connectivity index (χ2v) is 1.81. The number of hydrogen-bond acceptors (Lipinski definition) is 2. The summed E-state index contributed by atoms with van der Waals surface area (Å²) < 4.78 is 1.77. The third kappa shape index (κ3) is 1.46. The fourth-order valence-corrected chi connectivity index (χ4v) is 0.581. The predicted molar refractivity (Wildman–Crippen MR) is 36.2 cm³/mol. The van der Waals surface area contributed by atoms with Gasteiger partial charge in [-0.15, -0.1) is 0 Å². The number of rotatable bonds is 0. The predicted octanol–water partition coefficient (Wildman–Crippen LogP) is -0.0295. The summed E-state index contributed by atoms with van der Waals surface area (Å²) in [5, 5.41) is 0. The van der Waals surface area contributed by atoms with Crippen LogP contribution in [0.2, 0.25) is 0 Å². The largest absolute Gasteiger partial charge is 0.339 e. The highest BCUT2D eigenvalue weighted by Gasteiger charge is 1.87. The Balaban J connectivity index is 2.85. The van der Waals surface area contributed by atoms with Crippen molar-refractivity contribution < 1.29 is 4.79 Å². The van der Waals surface area contributed by atoms with Crippen LogP contribution in [0.25, 0.3) is 0 Å². The topological polar surface area (TPSA) is 34.9 Å². The molecule has 0 spiro atoms. The molecule has 0 unspecified atom stereocenters. The summed E-state index contributed by atoms with van der Waals surface area (Å²) in [5.74, 6) is 4.84. The van der Waals surface area contributed by atoms with Crippen molar-refractivity contribution in [1.29, 1.82) is 0 Å². The Morgan fingerprint density at radius 1 is 1.80 bits per heavy atom. The molecule has 0 fully saturated rings. The van der Waals surface area contributed by atoms with E-state index in [1.165, 1.54) is 0 Å². The van der Waals surface area contributed by atoms with Gasteiger partial charge < -0.3 is 4.57 Å². The molecule has 1 aromatic heterocycles. The van der Waals surface area contributed by atoms with Crippen molar-refractivity contribution in [1.82, 2.24) is 9.55 Å². The van der Waals surface area contributed by atoms with Gasteiger partial charge in [0.25, 0.3) is 0 Å². The average Bonchev–Trinajstić information content (AvgIpc) is 2.31. The lowest BCUT2D eigenvalue weighted by atomic mass is 10.5. The standard InChI is InChI=1S/C7H6N2O/c1-9-5-7(8-6-9)3-2-4-10/h4-6H,1H3. The average molecular weight is 134 g/mol. The zero-order valence-electron chi connectivity index (χ0n) is 5.53. The lowest BCUT2D eigenvalue weighted by molar-refractivity contribution is -0.103. The van der Waals surface area contributed by atoms with Gasteiger partial charge in [-0.3, -0.25) is 4.79 Å². The molecule has 1 aromatic rings. The molecule has 10 heavy (non-hydrogen) atoms. The number of aryl methyl sites for hydroxylation is 1. The van der Waals surface area contributed by atoms with Gasteiger partial charge in [-0.2, -0.15) is 0 Å². The Labute approximate surface area is 58.7 Å². The summed E-state index contributed by atoms with van der Waals surface area (Å²) in [7, 11) is 1.85. The molecule has 0 saturated heterocycles. The van der Waals surface area contributed by atoms with Gasteiger partial charge in [-0.1, -0.05) is 0 Å². The first-order chi connectivity index (χ1) is 4.83. The van der Waals surface area contributed by atoms with Crippen molar-refractivity contribution >= 4 is 6.29 Å². The minimum atomic E-state index is 0.550. The van der Waals surface area contributed by atoms with E-state index in [2.05, 4.69) is 16.8 Å². The van der Waals surface area contributed by atoms with Crippen LogP contribution >= 0.6 is 0 Å². The lowest BCUT2D eigenvalue weighted by Crippen LogP contribution is -1.77. The van der Waals surface area contributed by atoms with Crippen LogP contribution in [-0.4, -0.2) is 15.8 Å². The van der Waals surface area contributed by atoms with Crippen LogP contribution in [0, 0.1) is 11.8 Å². The molecule has 3 nitrogen and oxygen atoms in total. The quantitative estimate of drug-likeness (QED) is 0.369. The molecule has 0 saturated carbocycles. The smallest absolute Gasteiger partial charge is 0.193 e. The number of aromatic nitrogens is 2. The normalized spacial score (nSPS) is 8.10. The number of imidazole rings is 1. The summed E-state index contributed by atoms with van der Waals surface area (Å²) in [6, 6.07) is 0. The molecular weight excluding hydrogens is 128 g/mol. The monoisotopic (exact) mass is 134 g/mol. The summed E-state index contributed by atoms with van der Waals surface area (Å²) >= 11 is 0. The maximum atomic E-state index is 9.78. The van der Waals surface area contributed by atoms with Crippen LogP contribution in [0.1, 0.15) is 5.69 Å². The lowest BCUT2D eigenvalue weighted by Gasteiger charge is -1.78. The van der Waals surface area contributed by atoms with Gasteiger partial charge in [0.15, 0.2) is 6.29 Å². The molecular formula is C7H6N2O. The van der Waals surface area contributed by atoms with E-state index < -0.39 is 0 Å². The second kappa shape index (κ2) is 2.83. The van der Waals surface area contributed by atoms with E-state index in [1.807, 2.05) is 7.05 Å². The summed E-state index contributed by atoms with van der Waals surface area (Å²) in [6.07, 6.45) is 3.93. The van der Waals surface area contributed by atoms with Crippen molar-refractivity contribution in [2.45, 2.75) is 0 Å². The Hall–Kier alpha value is -1.56. The molecule has 1 rings (SSSR count). The van der Waals surface area contributed by atoms with E-state index in [0.717, 1.165) is 0 Å². The molecule has 0 aliphatic rings. The molecule has 1 heterocycles. The molecule has 0 N–H and O–H groups in total. The van der Waals surface area contributed by atoms with Crippen LogP contribution in [-0.2, 0) is 11.8 Å². The molecule has 0 aliphatic carbocycles. The number of nitrogens with zero attached hydrogens (tertiary/aromatic N) is 2. The van der Waals surface area contributed by atoms with Crippen molar-refractivity contribution in [3.63, 3.8) is 0 Å². The summed E-state index contributed by atoms with van der Waals surface area (Å²) in [6.45, 7) is 0. The van der Waals surface area contributed by atoms with E-state index in [9.17, 15) is 4.79 Å². The van der Waals surface area contributed by atoms with E-state index in [0.29, 0.717) is 12.0 Å². The number of hydrogen-bond donors (Lipinski definition) is 0. The summed E-state index contributed by atoms with van der Waals surface area (Å²) in [5.41, 5.74) is 0.620. The number of carbonyl (C=O) groups is 1. The maximum Gasteiger partial charge on any atom is 0.193 e. The Morgan fingerprint density at radius 2 is 2.60 bits per heavy atom. The minimum absolute atomic E-state index is 0.550. The Morgan fingerprint density at radius 3 is 3.10 bits per heavy atom. The Kier molecular flexibility index (Phi) is 1.86. The first-order valence-electron chi connectivity index (χ1n) is 2.76. The Bertz CT molecular complexity index is 290. The summed E-state index contributed by atoms with van der Waals surface area (Å²) in [4.78, 5) is 13.7. The number of aldehydes is 1. The van der Waals surface area contributed by atoms with Gasteiger partial charge in [-0.25, -0.2) is 4.98 Å². The molecule has 50 valence electrons. The van der Waals surface area contributed by atoms with Crippen LogP contribution < -0.4 is 0 Å². The first-order valence-corrected chi connectivity index (χ1v) is 2.76.